The molecule has 0 fully saturated rings. The van der Waals surface area contributed by atoms with Gasteiger partial charge in [-0.15, -0.1) is 0 Å². The maximum absolute atomic E-state index is 5.22. The van der Waals surface area contributed by atoms with Crippen LogP contribution in [0.2, 0.25) is 0 Å². The van der Waals surface area contributed by atoms with Gasteiger partial charge in [0.2, 0.25) is 0 Å². The van der Waals surface area contributed by atoms with Crippen LogP contribution in [-0.4, -0.2) is 26.3 Å². The smallest absolute Gasteiger partial charge is 0.0454 e. The average Bonchev–Trinajstić information content (AvgIpc) is 1.81. The molecule has 0 atom stereocenters. The quantitative estimate of drug-likeness (QED) is 0.323. The fourth-order valence-electron chi connectivity index (χ4n) is 0.404. The molecule has 0 aromatic rings. The Balaban J connectivity index is 2.53. The molecule has 3 heteroatoms. The summed E-state index contributed by atoms with van der Waals surface area (Å²) in [5.41, 5.74) is 5.22. The molecule has 0 amide bonds. The van der Waals surface area contributed by atoms with Crippen LogP contribution in [0, 0.1) is 0 Å². The van der Waals surface area contributed by atoms with E-state index < -0.39 is 0 Å². The molecular weight excluding hydrogens is 102 g/mol. The standard InChI is InChI=1S/C5H15N3/c1-2-7-5-8-4-3-6/h7-8H,2-6H2,1H3. The van der Waals surface area contributed by atoms with Gasteiger partial charge in [0.1, 0.15) is 0 Å². The lowest BCUT2D eigenvalue weighted by molar-refractivity contribution is 0.603. The molecule has 0 saturated carbocycles. The van der Waals surface area contributed by atoms with E-state index in [-0.39, 0.29) is 0 Å². The van der Waals surface area contributed by atoms with Crippen molar-refractivity contribution in [3.05, 3.63) is 0 Å². The molecule has 0 unspecified atom stereocenters. The second-order valence-electron chi connectivity index (χ2n) is 1.57. The highest BCUT2D eigenvalue weighted by molar-refractivity contribution is 4.43. The zero-order chi connectivity index (χ0) is 6.24. The lowest BCUT2D eigenvalue weighted by atomic mass is 10.6. The van der Waals surface area contributed by atoms with Crippen molar-refractivity contribution < 1.29 is 0 Å². The van der Waals surface area contributed by atoms with Gasteiger partial charge >= 0.3 is 0 Å². The Morgan fingerprint density at radius 1 is 1.38 bits per heavy atom. The van der Waals surface area contributed by atoms with E-state index >= 15 is 0 Å². The van der Waals surface area contributed by atoms with Crippen LogP contribution in [0.3, 0.4) is 0 Å². The maximum Gasteiger partial charge on any atom is 0.0454 e. The van der Waals surface area contributed by atoms with Gasteiger partial charge in [-0.05, 0) is 6.54 Å². The molecule has 0 heterocycles. The number of nitrogens with one attached hydrogen (secondary N) is 2. The first-order valence-corrected chi connectivity index (χ1v) is 3.03. The van der Waals surface area contributed by atoms with Crippen LogP contribution in [0.25, 0.3) is 0 Å². The fraction of sp³-hybridized carbons (Fsp3) is 1.00. The van der Waals surface area contributed by atoms with Crippen molar-refractivity contribution >= 4 is 0 Å². The zero-order valence-corrected chi connectivity index (χ0v) is 5.41. The number of nitrogens with two attached hydrogens (primary N) is 1. The van der Waals surface area contributed by atoms with Crippen LogP contribution in [0.4, 0.5) is 0 Å². The lowest BCUT2D eigenvalue weighted by Crippen LogP contribution is -2.32. The molecular formula is C5H15N3. The van der Waals surface area contributed by atoms with E-state index in [1.165, 1.54) is 0 Å². The molecule has 0 bridgehead atoms. The predicted molar refractivity (Wildman–Crippen MR) is 35.6 cm³/mol. The van der Waals surface area contributed by atoms with Crippen molar-refractivity contribution in [2.45, 2.75) is 6.92 Å². The van der Waals surface area contributed by atoms with E-state index in [0.717, 1.165) is 19.8 Å². The van der Waals surface area contributed by atoms with Crippen molar-refractivity contribution in [2.75, 3.05) is 26.3 Å². The Labute approximate surface area is 50.6 Å². The summed E-state index contributed by atoms with van der Waals surface area (Å²) < 4.78 is 0. The summed E-state index contributed by atoms with van der Waals surface area (Å²) in [4.78, 5) is 0. The number of hydrogen-bond acceptors (Lipinski definition) is 3. The number of rotatable bonds is 5. The molecule has 0 aliphatic rings. The minimum Gasteiger partial charge on any atom is -0.329 e. The third-order valence-corrected chi connectivity index (χ3v) is 0.821. The summed E-state index contributed by atoms with van der Waals surface area (Å²) in [7, 11) is 0. The second kappa shape index (κ2) is 6.88. The van der Waals surface area contributed by atoms with Gasteiger partial charge in [0.25, 0.3) is 0 Å². The molecule has 50 valence electrons. The molecule has 3 nitrogen and oxygen atoms in total. The van der Waals surface area contributed by atoms with Gasteiger partial charge in [-0.2, -0.15) is 0 Å². The predicted octanol–water partition coefficient (Wildman–Crippen LogP) is -0.898. The fourth-order valence-corrected chi connectivity index (χ4v) is 0.404. The highest BCUT2D eigenvalue weighted by atomic mass is 15.0. The van der Waals surface area contributed by atoms with Crippen LogP contribution in [0.5, 0.6) is 0 Å². The summed E-state index contributed by atoms with van der Waals surface area (Å²) in [5.74, 6) is 0. The first-order chi connectivity index (χ1) is 3.91. The van der Waals surface area contributed by atoms with Gasteiger partial charge < -0.3 is 16.4 Å². The second-order valence-corrected chi connectivity index (χ2v) is 1.57. The highest BCUT2D eigenvalue weighted by Gasteiger charge is 1.78. The van der Waals surface area contributed by atoms with Gasteiger partial charge in [0.05, 0.1) is 0 Å². The normalized spacial score (nSPS) is 9.75. The third-order valence-electron chi connectivity index (χ3n) is 0.821. The topological polar surface area (TPSA) is 50.1 Å². The Hall–Kier alpha value is -0.120. The van der Waals surface area contributed by atoms with Crippen LogP contribution >= 0.6 is 0 Å². The van der Waals surface area contributed by atoms with Crippen molar-refractivity contribution in [3.8, 4) is 0 Å². The Bertz CT molecular complexity index is 32.7. The SMILES string of the molecule is CCNCNCCN. The minimum atomic E-state index is 0.714. The van der Waals surface area contributed by atoms with E-state index in [4.69, 9.17) is 5.73 Å². The third kappa shape index (κ3) is 5.88. The van der Waals surface area contributed by atoms with E-state index in [2.05, 4.69) is 17.6 Å². The Kier molecular flexibility index (Phi) is 6.78. The summed E-state index contributed by atoms with van der Waals surface area (Å²) in [5, 5.41) is 6.22. The molecule has 0 aromatic carbocycles. The van der Waals surface area contributed by atoms with Crippen LogP contribution in [0.1, 0.15) is 6.92 Å². The molecule has 0 radical (unpaired) electrons. The molecule has 0 rings (SSSR count). The molecule has 4 N–H and O–H groups in total. The van der Waals surface area contributed by atoms with Crippen molar-refractivity contribution in [3.63, 3.8) is 0 Å². The molecule has 8 heavy (non-hydrogen) atoms. The largest absolute Gasteiger partial charge is 0.329 e. The summed E-state index contributed by atoms with van der Waals surface area (Å²) in [6.07, 6.45) is 0. The maximum atomic E-state index is 5.22. The van der Waals surface area contributed by atoms with E-state index in [1.807, 2.05) is 0 Å². The van der Waals surface area contributed by atoms with Crippen LogP contribution < -0.4 is 16.4 Å². The number of hydrogen-bond donors (Lipinski definition) is 3. The highest BCUT2D eigenvalue weighted by Crippen LogP contribution is 1.51. The molecule has 0 aromatic heterocycles. The van der Waals surface area contributed by atoms with Crippen LogP contribution in [0.15, 0.2) is 0 Å². The Morgan fingerprint density at radius 3 is 2.62 bits per heavy atom. The first-order valence-electron chi connectivity index (χ1n) is 3.03. The minimum absolute atomic E-state index is 0.714. The molecule has 0 saturated heterocycles. The molecule has 0 aliphatic heterocycles. The van der Waals surface area contributed by atoms with Crippen LogP contribution in [-0.2, 0) is 0 Å². The van der Waals surface area contributed by atoms with Crippen molar-refractivity contribution in [1.82, 2.24) is 10.6 Å². The summed E-state index contributed by atoms with van der Waals surface area (Å²) >= 11 is 0. The van der Waals surface area contributed by atoms with E-state index in [0.29, 0.717) is 6.54 Å². The lowest BCUT2D eigenvalue weighted by Gasteiger charge is -2.00. The first kappa shape index (κ1) is 7.88. The molecule has 0 aliphatic carbocycles. The Morgan fingerprint density at radius 2 is 2.12 bits per heavy atom. The average molecular weight is 117 g/mol. The van der Waals surface area contributed by atoms with Gasteiger partial charge in [0, 0.05) is 19.8 Å². The van der Waals surface area contributed by atoms with Gasteiger partial charge in [0.15, 0.2) is 0 Å². The van der Waals surface area contributed by atoms with E-state index in [1.54, 1.807) is 0 Å². The van der Waals surface area contributed by atoms with Crippen molar-refractivity contribution in [1.29, 1.82) is 0 Å². The van der Waals surface area contributed by atoms with Gasteiger partial charge in [-0.25, -0.2) is 0 Å². The zero-order valence-electron chi connectivity index (χ0n) is 5.41. The van der Waals surface area contributed by atoms with E-state index in [9.17, 15) is 0 Å². The molecule has 0 spiro atoms. The van der Waals surface area contributed by atoms with Crippen molar-refractivity contribution in [2.24, 2.45) is 5.73 Å². The summed E-state index contributed by atoms with van der Waals surface area (Å²) in [6, 6.07) is 0. The monoisotopic (exact) mass is 117 g/mol. The van der Waals surface area contributed by atoms with Gasteiger partial charge in [-0.1, -0.05) is 6.92 Å². The van der Waals surface area contributed by atoms with Gasteiger partial charge in [-0.3, -0.25) is 0 Å². The summed E-state index contributed by atoms with van der Waals surface area (Å²) in [6.45, 7) is 5.56.